The van der Waals surface area contributed by atoms with Crippen molar-refractivity contribution >= 4 is 0 Å². The van der Waals surface area contributed by atoms with Crippen molar-refractivity contribution in [2.75, 3.05) is 0 Å². The number of hydrogen-bond acceptors (Lipinski definition) is 3. The van der Waals surface area contributed by atoms with E-state index in [1.54, 1.807) is 18.2 Å². The maximum Gasteiger partial charge on any atom is 0.173 e. The molecule has 3 rings (SSSR count). The van der Waals surface area contributed by atoms with E-state index in [2.05, 4.69) is 14.8 Å². The molecule has 1 unspecified atom stereocenters. The molecule has 0 saturated heterocycles. The summed E-state index contributed by atoms with van der Waals surface area (Å²) in [6.07, 6.45) is 2.93. The van der Waals surface area contributed by atoms with Gasteiger partial charge in [-0.15, -0.1) is 10.2 Å². The summed E-state index contributed by atoms with van der Waals surface area (Å²) in [7, 11) is 0. The number of rotatable bonds is 3. The zero-order chi connectivity index (χ0) is 13.2. The molecule has 0 bridgehead atoms. The Labute approximate surface area is 111 Å². The SMILES string of the molecule is CC(Oc1ccccc1F)c1nnc2n1CCCC2. The molecule has 100 valence electrons. The molecule has 1 aliphatic rings. The molecule has 1 aromatic carbocycles. The molecule has 4 nitrogen and oxygen atoms in total. The van der Waals surface area contributed by atoms with Crippen LogP contribution in [0.25, 0.3) is 0 Å². The summed E-state index contributed by atoms with van der Waals surface area (Å²) in [5, 5.41) is 8.37. The highest BCUT2D eigenvalue weighted by Crippen LogP contribution is 2.25. The highest BCUT2D eigenvalue weighted by molar-refractivity contribution is 5.24. The molecule has 2 aromatic rings. The zero-order valence-corrected chi connectivity index (χ0v) is 10.8. The van der Waals surface area contributed by atoms with E-state index in [-0.39, 0.29) is 17.7 Å². The van der Waals surface area contributed by atoms with Crippen LogP contribution in [-0.2, 0) is 13.0 Å². The summed E-state index contributed by atoms with van der Waals surface area (Å²) >= 11 is 0. The van der Waals surface area contributed by atoms with Crippen LogP contribution in [0.3, 0.4) is 0 Å². The highest BCUT2D eigenvalue weighted by atomic mass is 19.1. The summed E-state index contributed by atoms with van der Waals surface area (Å²) in [6.45, 7) is 2.79. The lowest BCUT2D eigenvalue weighted by Crippen LogP contribution is -2.17. The molecule has 0 amide bonds. The molecule has 0 spiro atoms. The van der Waals surface area contributed by atoms with E-state index < -0.39 is 0 Å². The Morgan fingerprint density at radius 3 is 2.95 bits per heavy atom. The Bertz CT molecular complexity index is 582. The van der Waals surface area contributed by atoms with E-state index in [0.717, 1.165) is 37.5 Å². The first-order valence-electron chi connectivity index (χ1n) is 6.59. The standard InChI is InChI=1S/C14H16FN3O/c1-10(19-12-7-3-2-6-11(12)15)14-17-16-13-8-4-5-9-18(13)14/h2-3,6-7,10H,4-5,8-9H2,1H3. The lowest BCUT2D eigenvalue weighted by atomic mass is 10.1. The Morgan fingerprint density at radius 2 is 2.11 bits per heavy atom. The van der Waals surface area contributed by atoms with Crippen molar-refractivity contribution in [2.45, 2.75) is 38.8 Å². The molecular formula is C14H16FN3O. The van der Waals surface area contributed by atoms with E-state index >= 15 is 0 Å². The Kier molecular flexibility index (Phi) is 3.19. The van der Waals surface area contributed by atoms with Crippen LogP contribution in [0.2, 0.25) is 0 Å². The first kappa shape index (κ1) is 12.1. The number of aromatic nitrogens is 3. The van der Waals surface area contributed by atoms with Crippen LogP contribution in [0.15, 0.2) is 24.3 Å². The van der Waals surface area contributed by atoms with Gasteiger partial charge < -0.3 is 9.30 Å². The van der Waals surface area contributed by atoms with Crippen molar-refractivity contribution < 1.29 is 9.13 Å². The van der Waals surface area contributed by atoms with E-state index in [1.165, 1.54) is 6.07 Å². The van der Waals surface area contributed by atoms with Crippen LogP contribution in [0.1, 0.15) is 37.5 Å². The van der Waals surface area contributed by atoms with Crippen LogP contribution in [0.4, 0.5) is 4.39 Å². The van der Waals surface area contributed by atoms with Crippen LogP contribution in [0, 0.1) is 5.82 Å². The summed E-state index contributed by atoms with van der Waals surface area (Å²) in [6, 6.07) is 6.41. The van der Waals surface area contributed by atoms with E-state index in [4.69, 9.17) is 4.74 Å². The highest BCUT2D eigenvalue weighted by Gasteiger charge is 2.21. The fourth-order valence-electron chi connectivity index (χ4n) is 2.41. The number of para-hydroxylation sites is 1. The maximum atomic E-state index is 13.6. The summed E-state index contributed by atoms with van der Waals surface area (Å²) < 4.78 is 21.3. The second kappa shape index (κ2) is 4.99. The quantitative estimate of drug-likeness (QED) is 0.853. The first-order valence-corrected chi connectivity index (χ1v) is 6.59. The van der Waals surface area contributed by atoms with E-state index in [0.29, 0.717) is 0 Å². The van der Waals surface area contributed by atoms with Crippen molar-refractivity contribution in [3.05, 3.63) is 41.7 Å². The van der Waals surface area contributed by atoms with E-state index in [1.807, 2.05) is 6.92 Å². The van der Waals surface area contributed by atoms with Crippen molar-refractivity contribution in [1.82, 2.24) is 14.8 Å². The zero-order valence-electron chi connectivity index (χ0n) is 10.8. The van der Waals surface area contributed by atoms with Crippen molar-refractivity contribution in [3.63, 3.8) is 0 Å². The number of halogens is 1. The van der Waals surface area contributed by atoms with Gasteiger partial charge in [0.25, 0.3) is 0 Å². The number of benzene rings is 1. The fourth-order valence-corrected chi connectivity index (χ4v) is 2.41. The minimum absolute atomic E-state index is 0.253. The third-order valence-electron chi connectivity index (χ3n) is 3.39. The van der Waals surface area contributed by atoms with Crippen LogP contribution in [-0.4, -0.2) is 14.8 Å². The second-order valence-corrected chi connectivity index (χ2v) is 4.77. The number of hydrogen-bond donors (Lipinski definition) is 0. The first-order chi connectivity index (χ1) is 9.25. The van der Waals surface area contributed by atoms with Gasteiger partial charge in [0.05, 0.1) is 0 Å². The topological polar surface area (TPSA) is 39.9 Å². The third kappa shape index (κ3) is 2.32. The number of fused-ring (bicyclic) bond motifs is 1. The Balaban J connectivity index is 1.83. The molecule has 0 N–H and O–H groups in total. The monoisotopic (exact) mass is 261 g/mol. The Hall–Kier alpha value is -1.91. The molecule has 1 atom stereocenters. The van der Waals surface area contributed by atoms with Crippen molar-refractivity contribution in [1.29, 1.82) is 0 Å². The molecule has 19 heavy (non-hydrogen) atoms. The van der Waals surface area contributed by atoms with Crippen LogP contribution in [0.5, 0.6) is 5.75 Å². The van der Waals surface area contributed by atoms with Crippen LogP contribution < -0.4 is 4.74 Å². The minimum atomic E-state index is -0.354. The van der Waals surface area contributed by atoms with Gasteiger partial charge in [0.1, 0.15) is 5.82 Å². The van der Waals surface area contributed by atoms with Crippen LogP contribution >= 0.6 is 0 Å². The predicted molar refractivity (Wildman–Crippen MR) is 68.4 cm³/mol. The average Bonchev–Trinajstić information content (AvgIpc) is 2.85. The third-order valence-corrected chi connectivity index (χ3v) is 3.39. The molecule has 0 saturated carbocycles. The average molecular weight is 261 g/mol. The van der Waals surface area contributed by atoms with Gasteiger partial charge in [-0.3, -0.25) is 0 Å². The largest absolute Gasteiger partial charge is 0.480 e. The molecule has 0 radical (unpaired) electrons. The summed E-state index contributed by atoms with van der Waals surface area (Å²) in [4.78, 5) is 0. The minimum Gasteiger partial charge on any atom is -0.480 e. The van der Waals surface area contributed by atoms with Gasteiger partial charge in [-0.25, -0.2) is 4.39 Å². The molecule has 5 heteroatoms. The van der Waals surface area contributed by atoms with Gasteiger partial charge in [-0.2, -0.15) is 0 Å². The number of ether oxygens (including phenoxy) is 1. The van der Waals surface area contributed by atoms with Gasteiger partial charge >= 0.3 is 0 Å². The fraction of sp³-hybridized carbons (Fsp3) is 0.429. The van der Waals surface area contributed by atoms with E-state index in [9.17, 15) is 4.39 Å². The van der Waals surface area contributed by atoms with Crippen molar-refractivity contribution in [2.24, 2.45) is 0 Å². The molecule has 1 aliphatic heterocycles. The van der Waals surface area contributed by atoms with Gasteiger partial charge in [0.15, 0.2) is 23.5 Å². The summed E-state index contributed by atoms with van der Waals surface area (Å²) in [5.74, 6) is 1.68. The molecule has 1 aromatic heterocycles. The molecular weight excluding hydrogens is 245 g/mol. The number of aryl methyl sites for hydroxylation is 1. The molecule has 0 fully saturated rings. The molecule has 0 aliphatic carbocycles. The second-order valence-electron chi connectivity index (χ2n) is 4.77. The van der Waals surface area contributed by atoms with Crippen molar-refractivity contribution in [3.8, 4) is 5.75 Å². The van der Waals surface area contributed by atoms with Gasteiger partial charge in [0, 0.05) is 13.0 Å². The smallest absolute Gasteiger partial charge is 0.173 e. The maximum absolute atomic E-state index is 13.6. The lowest BCUT2D eigenvalue weighted by molar-refractivity contribution is 0.199. The lowest BCUT2D eigenvalue weighted by Gasteiger charge is -2.19. The molecule has 2 heterocycles. The normalized spacial score (nSPS) is 15.9. The predicted octanol–water partition coefficient (Wildman–Crippen LogP) is 2.89. The Morgan fingerprint density at radius 1 is 1.26 bits per heavy atom. The summed E-state index contributed by atoms with van der Waals surface area (Å²) in [5.41, 5.74) is 0. The van der Waals surface area contributed by atoms with Gasteiger partial charge in [0.2, 0.25) is 0 Å². The number of nitrogens with zero attached hydrogens (tertiary/aromatic N) is 3. The van der Waals surface area contributed by atoms with Gasteiger partial charge in [-0.05, 0) is 31.9 Å². The van der Waals surface area contributed by atoms with Gasteiger partial charge in [-0.1, -0.05) is 12.1 Å².